The highest BCUT2D eigenvalue weighted by Crippen LogP contribution is 2.24. The number of unbranched alkanes of at least 4 members (excludes halogenated alkanes) is 1. The molecule has 0 saturated heterocycles. The second-order valence-corrected chi connectivity index (χ2v) is 12.6. The number of amides is 2. The Morgan fingerprint density at radius 3 is 2.19 bits per heavy atom. The van der Waals surface area contributed by atoms with Crippen LogP contribution in [0.25, 0.3) is 0 Å². The van der Waals surface area contributed by atoms with E-state index in [1.165, 1.54) is 4.90 Å². The summed E-state index contributed by atoms with van der Waals surface area (Å²) in [5, 5.41) is 2.99. The van der Waals surface area contributed by atoms with Gasteiger partial charge in [0.15, 0.2) is 0 Å². The fourth-order valence-electron chi connectivity index (χ4n) is 4.67. The van der Waals surface area contributed by atoms with E-state index in [2.05, 4.69) is 19.2 Å². The molecule has 0 radical (unpaired) electrons. The molecule has 8 nitrogen and oxygen atoms in total. The van der Waals surface area contributed by atoms with Gasteiger partial charge in [-0.25, -0.2) is 8.42 Å². The predicted octanol–water partition coefficient (Wildman–Crippen LogP) is 5.14. The van der Waals surface area contributed by atoms with Gasteiger partial charge in [-0.1, -0.05) is 81.8 Å². The summed E-state index contributed by atoms with van der Waals surface area (Å²) in [6.07, 6.45) is 3.08. The lowest BCUT2D eigenvalue weighted by Gasteiger charge is -2.33. The minimum atomic E-state index is -3.82. The number of carbonyl (C=O) groups excluding carboxylic acids is 2. The molecule has 42 heavy (non-hydrogen) atoms. The number of hydrogen-bond donors (Lipinski definition) is 1. The first-order chi connectivity index (χ1) is 20.0. The van der Waals surface area contributed by atoms with Crippen LogP contribution in [0.15, 0.2) is 78.9 Å². The van der Waals surface area contributed by atoms with Gasteiger partial charge < -0.3 is 15.0 Å². The van der Waals surface area contributed by atoms with Gasteiger partial charge in [0.25, 0.3) is 0 Å². The molecule has 0 aliphatic rings. The van der Waals surface area contributed by atoms with E-state index in [-0.39, 0.29) is 24.8 Å². The summed E-state index contributed by atoms with van der Waals surface area (Å²) in [5.74, 6) is 0.129. The molecular weight excluding hydrogens is 550 g/mol. The summed E-state index contributed by atoms with van der Waals surface area (Å²) in [6.45, 7) is 6.29. The largest absolute Gasteiger partial charge is 0.497 e. The van der Waals surface area contributed by atoms with Gasteiger partial charge in [-0.15, -0.1) is 0 Å². The van der Waals surface area contributed by atoms with Gasteiger partial charge >= 0.3 is 0 Å². The summed E-state index contributed by atoms with van der Waals surface area (Å²) < 4.78 is 32.5. The quantitative estimate of drug-likeness (QED) is 0.246. The molecule has 0 saturated carbocycles. The van der Waals surface area contributed by atoms with Crippen LogP contribution in [0.3, 0.4) is 0 Å². The van der Waals surface area contributed by atoms with Gasteiger partial charge in [-0.2, -0.15) is 0 Å². The van der Waals surface area contributed by atoms with Crippen LogP contribution >= 0.6 is 0 Å². The first-order valence-corrected chi connectivity index (χ1v) is 16.2. The zero-order valence-electron chi connectivity index (χ0n) is 25.2. The van der Waals surface area contributed by atoms with Gasteiger partial charge in [-0.05, 0) is 53.3 Å². The second-order valence-electron chi connectivity index (χ2n) is 10.7. The molecule has 0 aromatic heterocycles. The van der Waals surface area contributed by atoms with Crippen LogP contribution in [-0.2, 0) is 32.6 Å². The van der Waals surface area contributed by atoms with Crippen LogP contribution in [0, 0.1) is 0 Å². The number of rotatable bonds is 15. The fraction of sp³-hybridized carbons (Fsp3) is 0.394. The third kappa shape index (κ3) is 9.34. The van der Waals surface area contributed by atoms with Crippen molar-refractivity contribution in [2.45, 2.75) is 58.5 Å². The van der Waals surface area contributed by atoms with Gasteiger partial charge in [0, 0.05) is 19.5 Å². The van der Waals surface area contributed by atoms with Gasteiger partial charge in [0.05, 0.1) is 19.1 Å². The molecule has 0 heterocycles. The Bertz CT molecular complexity index is 1410. The van der Waals surface area contributed by atoms with Crippen molar-refractivity contribution in [3.8, 4) is 5.75 Å². The lowest BCUT2D eigenvalue weighted by molar-refractivity contribution is -0.140. The van der Waals surface area contributed by atoms with Crippen LogP contribution in [-0.4, -0.2) is 57.6 Å². The van der Waals surface area contributed by atoms with Crippen LogP contribution in [0.4, 0.5) is 5.69 Å². The van der Waals surface area contributed by atoms with Gasteiger partial charge in [0.1, 0.15) is 18.3 Å². The molecule has 9 heteroatoms. The van der Waals surface area contributed by atoms with Crippen LogP contribution in [0.1, 0.15) is 56.2 Å². The number of nitrogens with one attached hydrogen (secondary N) is 1. The lowest BCUT2D eigenvalue weighted by atomic mass is 10.0. The minimum absolute atomic E-state index is 0.0959. The normalized spacial score (nSPS) is 12.0. The zero-order valence-corrected chi connectivity index (χ0v) is 26.1. The molecule has 3 aromatic carbocycles. The third-order valence-electron chi connectivity index (χ3n) is 7.11. The molecule has 1 N–H and O–H groups in total. The van der Waals surface area contributed by atoms with Crippen molar-refractivity contribution in [2.24, 2.45) is 0 Å². The molecule has 0 bridgehead atoms. The van der Waals surface area contributed by atoms with E-state index in [1.54, 1.807) is 25.3 Å². The Balaban J connectivity index is 2.04. The van der Waals surface area contributed by atoms with Crippen molar-refractivity contribution in [3.63, 3.8) is 0 Å². The van der Waals surface area contributed by atoms with E-state index in [0.717, 1.165) is 40.1 Å². The number of hydrogen-bond acceptors (Lipinski definition) is 5. The highest BCUT2D eigenvalue weighted by atomic mass is 32.2. The zero-order chi connectivity index (χ0) is 30.7. The van der Waals surface area contributed by atoms with E-state index >= 15 is 0 Å². The highest BCUT2D eigenvalue weighted by Gasteiger charge is 2.33. The van der Waals surface area contributed by atoms with Crippen molar-refractivity contribution in [3.05, 3.63) is 95.6 Å². The molecule has 2 amide bonds. The van der Waals surface area contributed by atoms with E-state index in [1.807, 2.05) is 67.6 Å². The van der Waals surface area contributed by atoms with E-state index < -0.39 is 28.5 Å². The second kappa shape index (κ2) is 15.4. The Kier molecular flexibility index (Phi) is 12.0. The standard InChI is InChI=1S/C33H43N3O5S/c1-6-7-20-34-33(38)31(22-26-12-9-8-10-13-26)35(23-27-14-11-15-30(21-27)41-4)32(37)24-36(42(5,39)40)29-18-16-28(17-19-29)25(2)3/h8-19,21,25,31H,6-7,20,22-24H2,1-5H3,(H,34,38)/t31-/m1/s1. The Morgan fingerprint density at radius 2 is 1.60 bits per heavy atom. The molecule has 0 unspecified atom stereocenters. The lowest BCUT2D eigenvalue weighted by Crippen LogP contribution is -2.53. The molecule has 0 aliphatic carbocycles. The summed E-state index contributed by atoms with van der Waals surface area (Å²) in [6, 6.07) is 23.1. The average Bonchev–Trinajstić information content (AvgIpc) is 2.97. The van der Waals surface area contributed by atoms with Crippen molar-refractivity contribution in [2.75, 3.05) is 30.8 Å². The molecule has 0 aliphatic heterocycles. The van der Waals surface area contributed by atoms with Crippen LogP contribution in [0.2, 0.25) is 0 Å². The Hall–Kier alpha value is -3.85. The molecule has 1 atom stereocenters. The highest BCUT2D eigenvalue weighted by molar-refractivity contribution is 7.92. The molecule has 226 valence electrons. The molecule has 0 fully saturated rings. The molecule has 3 aromatic rings. The van der Waals surface area contributed by atoms with E-state index in [9.17, 15) is 18.0 Å². The first kappa shape index (κ1) is 32.7. The van der Waals surface area contributed by atoms with Crippen molar-refractivity contribution in [1.29, 1.82) is 0 Å². The number of sulfonamides is 1. The number of nitrogens with zero attached hydrogens (tertiary/aromatic N) is 2. The number of anilines is 1. The number of benzene rings is 3. The number of ether oxygens (including phenoxy) is 1. The smallest absolute Gasteiger partial charge is 0.244 e. The maximum absolute atomic E-state index is 14.2. The fourth-order valence-corrected chi connectivity index (χ4v) is 5.52. The van der Waals surface area contributed by atoms with E-state index in [4.69, 9.17) is 4.74 Å². The predicted molar refractivity (Wildman–Crippen MR) is 168 cm³/mol. The minimum Gasteiger partial charge on any atom is -0.497 e. The SMILES string of the molecule is CCCCNC(=O)[C@@H](Cc1ccccc1)N(Cc1cccc(OC)c1)C(=O)CN(c1ccc(C(C)C)cc1)S(C)(=O)=O. The maximum Gasteiger partial charge on any atom is 0.244 e. The molecular formula is C33H43N3O5S. The summed E-state index contributed by atoms with van der Waals surface area (Å²) >= 11 is 0. The Labute approximate surface area is 250 Å². The van der Waals surface area contributed by atoms with Gasteiger partial charge in [-0.3, -0.25) is 13.9 Å². The van der Waals surface area contributed by atoms with E-state index in [0.29, 0.717) is 18.0 Å². The summed E-state index contributed by atoms with van der Waals surface area (Å²) in [5.41, 5.74) is 3.10. The maximum atomic E-state index is 14.2. The van der Waals surface area contributed by atoms with Crippen LogP contribution < -0.4 is 14.4 Å². The Morgan fingerprint density at radius 1 is 0.929 bits per heavy atom. The van der Waals surface area contributed by atoms with Crippen molar-refractivity contribution >= 4 is 27.5 Å². The topological polar surface area (TPSA) is 96.0 Å². The van der Waals surface area contributed by atoms with Crippen molar-refractivity contribution in [1.82, 2.24) is 10.2 Å². The number of carbonyl (C=O) groups is 2. The molecule has 3 rings (SSSR count). The first-order valence-electron chi connectivity index (χ1n) is 14.3. The third-order valence-corrected chi connectivity index (χ3v) is 8.26. The van der Waals surface area contributed by atoms with Crippen molar-refractivity contribution < 1.29 is 22.7 Å². The van der Waals surface area contributed by atoms with Crippen LogP contribution in [0.5, 0.6) is 5.75 Å². The number of methoxy groups -OCH3 is 1. The van der Waals surface area contributed by atoms with Gasteiger partial charge in [0.2, 0.25) is 21.8 Å². The summed E-state index contributed by atoms with van der Waals surface area (Å²) in [4.78, 5) is 29.3. The molecule has 0 spiro atoms. The monoisotopic (exact) mass is 593 g/mol. The summed E-state index contributed by atoms with van der Waals surface area (Å²) in [7, 11) is -2.25. The average molecular weight is 594 g/mol.